The second-order valence-electron chi connectivity index (χ2n) is 12.9. The smallest absolute Gasteiger partial charge is 0.462 e. The van der Waals surface area contributed by atoms with E-state index in [1.165, 1.54) is 44.9 Å². The Kier molecular flexibility index (Phi) is 32.6. The van der Waals surface area contributed by atoms with Crippen molar-refractivity contribution in [2.75, 3.05) is 13.2 Å². The molecule has 0 saturated heterocycles. The molecule has 0 fully saturated rings. The van der Waals surface area contributed by atoms with Crippen molar-refractivity contribution in [2.45, 2.75) is 173 Å². The number of carbonyl (C=O) groups excluding carboxylic acids is 2. The van der Waals surface area contributed by atoms with E-state index in [0.29, 0.717) is 12.8 Å². The van der Waals surface area contributed by atoms with Gasteiger partial charge < -0.3 is 29.5 Å². The van der Waals surface area contributed by atoms with E-state index >= 15 is 0 Å². The van der Waals surface area contributed by atoms with Gasteiger partial charge >= 0.3 is 19.8 Å². The highest BCUT2D eigenvalue weighted by Crippen LogP contribution is 2.36. The molecule has 10 nitrogen and oxygen atoms in total. The van der Waals surface area contributed by atoms with Gasteiger partial charge in [-0.3, -0.25) is 14.1 Å². The molecule has 0 saturated carbocycles. The van der Waals surface area contributed by atoms with Crippen molar-refractivity contribution in [1.29, 1.82) is 0 Å². The first-order valence-corrected chi connectivity index (χ1v) is 20.6. The van der Waals surface area contributed by atoms with E-state index < -0.39 is 51.3 Å². The monoisotopic (exact) mass is 728 g/mol. The number of ether oxygens (including phenoxy) is 2. The van der Waals surface area contributed by atoms with Gasteiger partial charge in [0, 0.05) is 12.8 Å². The molecule has 290 valence electrons. The second kappa shape index (κ2) is 34.0. The molecule has 0 aromatic rings. The fourth-order valence-corrected chi connectivity index (χ4v) is 5.36. The van der Waals surface area contributed by atoms with Crippen LogP contribution < -0.4 is 0 Å². The van der Waals surface area contributed by atoms with Crippen molar-refractivity contribution in [3.8, 4) is 0 Å². The Morgan fingerprint density at radius 2 is 1.10 bits per heavy atom. The largest absolute Gasteiger partial charge is 0.469 e. The Morgan fingerprint density at radius 3 is 1.74 bits per heavy atom. The highest BCUT2D eigenvalue weighted by Gasteiger charge is 2.23. The first-order valence-electron chi connectivity index (χ1n) is 19.1. The molecular formula is C39H69O10P. The van der Waals surface area contributed by atoms with E-state index in [-0.39, 0.29) is 25.7 Å². The fourth-order valence-electron chi connectivity index (χ4n) is 5.00. The maximum Gasteiger partial charge on any atom is 0.469 e. The van der Waals surface area contributed by atoms with Crippen LogP contribution in [0.25, 0.3) is 0 Å². The first-order chi connectivity index (χ1) is 24.1. The van der Waals surface area contributed by atoms with E-state index in [2.05, 4.69) is 54.8 Å². The second-order valence-corrected chi connectivity index (χ2v) is 14.1. The number of hydrogen-bond donors (Lipinski definition) is 4. The molecule has 0 amide bonds. The number of phosphoric acid groups is 1. The number of allylic oxidation sites excluding steroid dienone is 7. The van der Waals surface area contributed by atoms with Gasteiger partial charge in [0.2, 0.25) is 0 Å². The zero-order valence-corrected chi connectivity index (χ0v) is 31.9. The number of rotatable bonds is 34. The molecule has 2 unspecified atom stereocenters. The summed E-state index contributed by atoms with van der Waals surface area (Å²) in [5.74, 6) is -1.18. The number of carbonyl (C=O) groups is 2. The summed E-state index contributed by atoms with van der Waals surface area (Å²) in [6.07, 6.45) is 32.9. The Hall–Kier alpha value is -2.07. The van der Waals surface area contributed by atoms with Gasteiger partial charge in [-0.2, -0.15) is 0 Å². The van der Waals surface area contributed by atoms with Crippen LogP contribution in [0.1, 0.15) is 155 Å². The maximum atomic E-state index is 12.4. The van der Waals surface area contributed by atoms with Crippen LogP contribution in [0.5, 0.6) is 0 Å². The lowest BCUT2D eigenvalue weighted by Gasteiger charge is -2.19. The summed E-state index contributed by atoms with van der Waals surface area (Å²) in [6, 6.07) is 0. The molecule has 3 atom stereocenters. The number of aliphatic hydroxyl groups excluding tert-OH is 2. The highest BCUT2D eigenvalue weighted by molar-refractivity contribution is 7.46. The third-order valence-electron chi connectivity index (χ3n) is 8.02. The average molecular weight is 729 g/mol. The van der Waals surface area contributed by atoms with Crippen molar-refractivity contribution < 1.29 is 48.2 Å². The van der Waals surface area contributed by atoms with Gasteiger partial charge in [0.05, 0.1) is 18.8 Å². The van der Waals surface area contributed by atoms with Crippen molar-refractivity contribution >= 4 is 19.8 Å². The molecule has 0 aliphatic rings. The Labute approximate surface area is 302 Å². The lowest BCUT2D eigenvalue weighted by atomic mass is 10.0. The summed E-state index contributed by atoms with van der Waals surface area (Å²) < 4.78 is 26.1. The third-order valence-corrected chi connectivity index (χ3v) is 8.51. The topological polar surface area (TPSA) is 160 Å². The summed E-state index contributed by atoms with van der Waals surface area (Å²) in [4.78, 5) is 42.7. The summed E-state index contributed by atoms with van der Waals surface area (Å²) in [5.41, 5.74) is 0. The van der Waals surface area contributed by atoms with Crippen LogP contribution >= 0.6 is 7.82 Å². The van der Waals surface area contributed by atoms with Gasteiger partial charge in [-0.05, 0) is 77.0 Å². The fraction of sp³-hybridized carbons (Fsp3) is 0.744. The Bertz CT molecular complexity index is 987. The summed E-state index contributed by atoms with van der Waals surface area (Å²) >= 11 is 0. The lowest BCUT2D eigenvalue weighted by molar-refractivity contribution is -0.161. The van der Waals surface area contributed by atoms with Crippen LogP contribution in [-0.2, 0) is 28.2 Å². The summed E-state index contributed by atoms with van der Waals surface area (Å²) in [7, 11) is -4.82. The van der Waals surface area contributed by atoms with Crippen molar-refractivity contribution in [3.63, 3.8) is 0 Å². The van der Waals surface area contributed by atoms with Gasteiger partial charge in [0.25, 0.3) is 0 Å². The minimum Gasteiger partial charge on any atom is -0.462 e. The Balaban J connectivity index is 4.25. The number of aliphatic hydroxyl groups is 2. The molecule has 0 radical (unpaired) electrons. The summed E-state index contributed by atoms with van der Waals surface area (Å²) in [6.45, 7) is 3.36. The number of phosphoric ester groups is 1. The van der Waals surface area contributed by atoms with Crippen LogP contribution in [0.2, 0.25) is 0 Å². The van der Waals surface area contributed by atoms with Gasteiger partial charge in [-0.15, -0.1) is 0 Å². The standard InChI is InChI=1S/C39H69O10P/c1-3-5-7-9-11-13-15-17-19-21-23-25-27-31-39(43)49-35(34-48-50(44,45)46)33-47-38(42)32-28-30-37(41)36(40)29-26-24-22-20-18-16-14-12-10-8-6-4-2/h12-15,18,20,24,26,35-37,40-41H,3-11,16-17,19,21-23,25,27-34H2,1-2H3,(H2,44,45,46)/b14-12-,15-13-,20-18-,26-24-/t35-,36?,37?/m1/s1. The number of unbranched alkanes of at least 4 members (excludes halogenated alkanes) is 12. The van der Waals surface area contributed by atoms with E-state index in [4.69, 9.17) is 19.3 Å². The molecule has 0 aromatic carbocycles. The minimum absolute atomic E-state index is 0.0494. The maximum absolute atomic E-state index is 12.4. The van der Waals surface area contributed by atoms with Crippen molar-refractivity contribution in [2.24, 2.45) is 0 Å². The zero-order chi connectivity index (χ0) is 37.1. The SMILES string of the molecule is CCCCC/C=C\C/C=C\C/C=C\CC(O)C(O)CCCC(=O)OC[C@H](COP(=O)(O)O)OC(=O)CCCCCCC/C=C\CCCCCC. The molecule has 0 spiro atoms. The molecule has 0 aliphatic heterocycles. The Morgan fingerprint density at radius 1 is 0.600 bits per heavy atom. The van der Waals surface area contributed by atoms with E-state index in [1.807, 2.05) is 12.2 Å². The lowest BCUT2D eigenvalue weighted by Crippen LogP contribution is -2.29. The number of esters is 2. The quantitative estimate of drug-likeness (QED) is 0.0218. The van der Waals surface area contributed by atoms with Crippen LogP contribution in [0, 0.1) is 0 Å². The third kappa shape index (κ3) is 34.4. The molecule has 0 rings (SSSR count). The summed E-state index contributed by atoms with van der Waals surface area (Å²) in [5, 5.41) is 20.5. The van der Waals surface area contributed by atoms with Crippen LogP contribution in [0.4, 0.5) is 0 Å². The molecule has 0 heterocycles. The number of hydrogen-bond acceptors (Lipinski definition) is 8. The molecular weight excluding hydrogens is 659 g/mol. The molecule has 0 bridgehead atoms. The molecule has 11 heteroatoms. The van der Waals surface area contributed by atoms with E-state index in [0.717, 1.165) is 57.8 Å². The van der Waals surface area contributed by atoms with Crippen molar-refractivity contribution in [1.82, 2.24) is 0 Å². The van der Waals surface area contributed by atoms with Gasteiger partial charge in [0.1, 0.15) is 6.61 Å². The van der Waals surface area contributed by atoms with Crippen LogP contribution in [0.15, 0.2) is 48.6 Å². The normalized spacial score (nSPS) is 14.3. The average Bonchev–Trinajstić information content (AvgIpc) is 3.07. The molecule has 0 aromatic heterocycles. The predicted octanol–water partition coefficient (Wildman–Crippen LogP) is 9.12. The van der Waals surface area contributed by atoms with Crippen LogP contribution in [0.3, 0.4) is 0 Å². The first kappa shape index (κ1) is 47.9. The van der Waals surface area contributed by atoms with Crippen molar-refractivity contribution in [3.05, 3.63) is 48.6 Å². The van der Waals surface area contributed by atoms with Gasteiger partial charge in [-0.1, -0.05) is 114 Å². The predicted molar refractivity (Wildman–Crippen MR) is 200 cm³/mol. The minimum atomic E-state index is -4.82. The zero-order valence-electron chi connectivity index (χ0n) is 31.0. The van der Waals surface area contributed by atoms with Gasteiger partial charge in [0.15, 0.2) is 6.10 Å². The van der Waals surface area contributed by atoms with Gasteiger partial charge in [-0.25, -0.2) is 4.57 Å². The van der Waals surface area contributed by atoms with Crippen LogP contribution in [-0.4, -0.2) is 63.5 Å². The molecule has 4 N–H and O–H groups in total. The highest BCUT2D eigenvalue weighted by atomic mass is 31.2. The molecule has 50 heavy (non-hydrogen) atoms. The molecule has 0 aliphatic carbocycles. The van der Waals surface area contributed by atoms with E-state index in [1.54, 1.807) is 0 Å². The van der Waals surface area contributed by atoms with E-state index in [9.17, 15) is 24.4 Å².